The average molecular weight is 196 g/mol. The Balaban J connectivity index is 2.79. The average Bonchev–Trinajstić information content (AvgIpc) is 2.46. The van der Waals surface area contributed by atoms with Gasteiger partial charge >= 0.3 is 5.97 Å². The molecular weight excluding hydrogens is 191 g/mol. The summed E-state index contributed by atoms with van der Waals surface area (Å²) in [5.41, 5.74) is 0.166. The fourth-order valence-corrected chi connectivity index (χ4v) is 2.08. The molecule has 2 nitrogen and oxygen atoms in total. The molecule has 1 N–H and O–H groups in total. The number of carboxylic acids is 1. The molecule has 0 saturated carbocycles. The second kappa shape index (κ2) is 2.81. The van der Waals surface area contributed by atoms with Gasteiger partial charge < -0.3 is 5.11 Å². The predicted octanol–water partition coefficient (Wildman–Crippen LogP) is 2.74. The second-order valence-electron chi connectivity index (χ2n) is 2.60. The van der Waals surface area contributed by atoms with Gasteiger partial charge in [0.25, 0.3) is 0 Å². The third-order valence-corrected chi connectivity index (χ3v) is 2.73. The molecule has 1 aromatic heterocycles. The minimum absolute atomic E-state index is 0.166. The quantitative estimate of drug-likeness (QED) is 0.761. The molecule has 1 heterocycles. The molecular formula is C9H5FO2S. The second-order valence-corrected chi connectivity index (χ2v) is 3.51. The van der Waals surface area contributed by atoms with Crippen molar-refractivity contribution in [3.05, 3.63) is 35.0 Å². The Morgan fingerprint density at radius 1 is 1.46 bits per heavy atom. The highest BCUT2D eigenvalue weighted by atomic mass is 32.1. The van der Waals surface area contributed by atoms with E-state index in [1.54, 1.807) is 6.07 Å². The van der Waals surface area contributed by atoms with Crippen LogP contribution in [0, 0.1) is 5.82 Å². The van der Waals surface area contributed by atoms with Gasteiger partial charge in [-0.05, 0) is 18.2 Å². The van der Waals surface area contributed by atoms with Crippen LogP contribution in [0.5, 0.6) is 0 Å². The Hall–Kier alpha value is -1.42. The molecule has 4 heteroatoms. The molecule has 0 fully saturated rings. The molecule has 0 spiro atoms. The lowest BCUT2D eigenvalue weighted by Crippen LogP contribution is -1.93. The smallest absolute Gasteiger partial charge is 0.337 e. The van der Waals surface area contributed by atoms with Gasteiger partial charge in [0.1, 0.15) is 5.82 Å². The van der Waals surface area contributed by atoms with Crippen LogP contribution in [0.4, 0.5) is 4.39 Å². The Bertz CT molecular complexity index is 475. The van der Waals surface area contributed by atoms with Crippen molar-refractivity contribution >= 4 is 27.4 Å². The lowest BCUT2D eigenvalue weighted by atomic mass is 10.2. The van der Waals surface area contributed by atoms with Gasteiger partial charge in [-0.25, -0.2) is 9.18 Å². The Kier molecular flexibility index (Phi) is 1.77. The summed E-state index contributed by atoms with van der Waals surface area (Å²) in [6, 6.07) is 4.15. The van der Waals surface area contributed by atoms with Crippen LogP contribution in [-0.4, -0.2) is 11.1 Å². The van der Waals surface area contributed by atoms with E-state index in [4.69, 9.17) is 5.11 Å². The maximum absolute atomic E-state index is 12.8. The molecule has 0 aliphatic rings. The Labute approximate surface area is 77.2 Å². The van der Waals surface area contributed by atoms with Crippen LogP contribution in [-0.2, 0) is 0 Å². The van der Waals surface area contributed by atoms with E-state index in [0.717, 1.165) is 4.70 Å². The number of benzene rings is 1. The van der Waals surface area contributed by atoms with Gasteiger partial charge in [0.2, 0.25) is 0 Å². The molecule has 0 bridgehead atoms. The first-order valence-corrected chi connectivity index (χ1v) is 4.46. The van der Waals surface area contributed by atoms with Gasteiger partial charge in [0.05, 0.1) is 5.56 Å². The summed E-state index contributed by atoms with van der Waals surface area (Å²) in [5, 5.41) is 10.7. The van der Waals surface area contributed by atoms with Crippen LogP contribution in [0.3, 0.4) is 0 Å². The van der Waals surface area contributed by atoms with E-state index in [0.29, 0.717) is 5.39 Å². The maximum atomic E-state index is 12.8. The number of fused-ring (bicyclic) bond motifs is 1. The van der Waals surface area contributed by atoms with E-state index >= 15 is 0 Å². The first kappa shape index (κ1) is 8.19. The number of halogens is 1. The number of carbonyl (C=O) groups is 1. The summed E-state index contributed by atoms with van der Waals surface area (Å²) in [4.78, 5) is 10.7. The van der Waals surface area contributed by atoms with Gasteiger partial charge in [0, 0.05) is 15.5 Å². The minimum atomic E-state index is -1.02. The molecule has 0 radical (unpaired) electrons. The molecule has 0 saturated heterocycles. The third-order valence-electron chi connectivity index (χ3n) is 1.77. The number of hydrogen-bond acceptors (Lipinski definition) is 2. The number of hydrogen-bond donors (Lipinski definition) is 1. The van der Waals surface area contributed by atoms with Crippen molar-refractivity contribution in [1.82, 2.24) is 0 Å². The third kappa shape index (κ3) is 1.29. The lowest BCUT2D eigenvalue weighted by molar-refractivity contribution is 0.0699. The molecule has 66 valence electrons. The summed E-state index contributed by atoms with van der Waals surface area (Å²) in [5.74, 6) is -1.43. The molecule has 2 rings (SSSR count). The van der Waals surface area contributed by atoms with Crippen LogP contribution >= 0.6 is 11.3 Å². The molecule has 0 amide bonds. The standard InChI is InChI=1S/C9H5FO2S/c10-5-1-2-8-6(3-5)7(4-13-8)9(11)12/h1-4H,(H,11,12). The zero-order chi connectivity index (χ0) is 9.42. The lowest BCUT2D eigenvalue weighted by Gasteiger charge is -1.92. The zero-order valence-corrected chi connectivity index (χ0v) is 7.27. The van der Waals surface area contributed by atoms with Crippen LogP contribution in [0.2, 0.25) is 0 Å². The topological polar surface area (TPSA) is 37.3 Å². The highest BCUT2D eigenvalue weighted by molar-refractivity contribution is 7.17. The van der Waals surface area contributed by atoms with Gasteiger partial charge in [0.15, 0.2) is 0 Å². The highest BCUT2D eigenvalue weighted by Gasteiger charge is 2.10. The molecule has 1 aromatic carbocycles. The first-order chi connectivity index (χ1) is 6.18. The number of thiophene rings is 1. The SMILES string of the molecule is O=C(O)c1csc2ccc(F)cc12. The van der Waals surface area contributed by atoms with Gasteiger partial charge in [-0.15, -0.1) is 11.3 Å². The van der Waals surface area contributed by atoms with E-state index in [2.05, 4.69) is 0 Å². The van der Waals surface area contributed by atoms with Crippen molar-refractivity contribution in [3.8, 4) is 0 Å². The normalized spacial score (nSPS) is 10.5. The molecule has 0 aliphatic heterocycles. The van der Waals surface area contributed by atoms with Crippen molar-refractivity contribution in [2.45, 2.75) is 0 Å². The van der Waals surface area contributed by atoms with Gasteiger partial charge in [-0.2, -0.15) is 0 Å². The monoisotopic (exact) mass is 196 g/mol. The summed E-state index contributed by atoms with van der Waals surface area (Å²) >= 11 is 1.30. The number of carboxylic acid groups (broad SMARTS) is 1. The maximum Gasteiger partial charge on any atom is 0.337 e. The van der Waals surface area contributed by atoms with Gasteiger partial charge in [-0.3, -0.25) is 0 Å². The van der Waals surface area contributed by atoms with Crippen LogP contribution in [0.1, 0.15) is 10.4 Å². The van der Waals surface area contributed by atoms with Crippen LogP contribution < -0.4 is 0 Å². The van der Waals surface area contributed by atoms with Crippen molar-refractivity contribution in [3.63, 3.8) is 0 Å². The summed E-state index contributed by atoms with van der Waals surface area (Å²) in [6.45, 7) is 0. The van der Waals surface area contributed by atoms with Crippen molar-refractivity contribution in [1.29, 1.82) is 0 Å². The minimum Gasteiger partial charge on any atom is -0.478 e. The fraction of sp³-hybridized carbons (Fsp3) is 0. The zero-order valence-electron chi connectivity index (χ0n) is 6.45. The Morgan fingerprint density at radius 3 is 2.92 bits per heavy atom. The Morgan fingerprint density at radius 2 is 2.23 bits per heavy atom. The van der Waals surface area contributed by atoms with Crippen LogP contribution in [0.15, 0.2) is 23.6 Å². The van der Waals surface area contributed by atoms with E-state index in [1.807, 2.05) is 0 Å². The molecule has 13 heavy (non-hydrogen) atoms. The van der Waals surface area contributed by atoms with Crippen LogP contribution in [0.25, 0.3) is 10.1 Å². The molecule has 0 atom stereocenters. The van der Waals surface area contributed by atoms with E-state index < -0.39 is 11.8 Å². The van der Waals surface area contributed by atoms with Gasteiger partial charge in [-0.1, -0.05) is 0 Å². The summed E-state index contributed by atoms with van der Waals surface area (Å²) < 4.78 is 13.6. The van der Waals surface area contributed by atoms with Crippen molar-refractivity contribution < 1.29 is 14.3 Å². The fourth-order valence-electron chi connectivity index (χ4n) is 1.17. The summed E-state index contributed by atoms with van der Waals surface area (Å²) in [6.07, 6.45) is 0. The number of rotatable bonds is 1. The molecule has 0 unspecified atom stereocenters. The molecule has 2 aromatic rings. The van der Waals surface area contributed by atoms with Crippen molar-refractivity contribution in [2.75, 3.05) is 0 Å². The first-order valence-electron chi connectivity index (χ1n) is 3.58. The largest absolute Gasteiger partial charge is 0.478 e. The summed E-state index contributed by atoms with van der Waals surface area (Å²) in [7, 11) is 0. The van der Waals surface area contributed by atoms with E-state index in [9.17, 15) is 9.18 Å². The molecule has 0 aliphatic carbocycles. The highest BCUT2D eigenvalue weighted by Crippen LogP contribution is 2.26. The van der Waals surface area contributed by atoms with E-state index in [1.165, 1.54) is 28.8 Å². The van der Waals surface area contributed by atoms with Crippen molar-refractivity contribution in [2.24, 2.45) is 0 Å². The predicted molar refractivity (Wildman–Crippen MR) is 48.7 cm³/mol. The number of aromatic carboxylic acids is 1. The van der Waals surface area contributed by atoms with E-state index in [-0.39, 0.29) is 5.56 Å².